The molecule has 8 nitrogen and oxygen atoms in total. The molecule has 0 bridgehead atoms. The van der Waals surface area contributed by atoms with Crippen LogP contribution < -0.4 is 0 Å². The highest BCUT2D eigenvalue weighted by Gasteiger charge is 2.28. The van der Waals surface area contributed by atoms with Gasteiger partial charge in [0.1, 0.15) is 0 Å². The second kappa shape index (κ2) is 9.33. The maximum absolute atomic E-state index is 10.8. The molecule has 128 valence electrons. The average Bonchev–Trinajstić information content (AvgIpc) is 3.44. The Kier molecular flexibility index (Phi) is 7.79. The number of esters is 2. The quantitative estimate of drug-likeness (QED) is 0.312. The molecule has 0 aromatic heterocycles. The van der Waals surface area contributed by atoms with Crippen molar-refractivity contribution in [2.24, 2.45) is 5.41 Å². The Bertz CT molecular complexity index is 469. The number of ether oxygens (including phenoxy) is 2. The Morgan fingerprint density at radius 2 is 1.17 bits per heavy atom. The molecule has 0 unspecified atom stereocenters. The van der Waals surface area contributed by atoms with E-state index in [-0.39, 0.29) is 0 Å². The molecule has 4 N–H and O–H groups in total. The first-order chi connectivity index (χ1) is 11.0. The van der Waals surface area contributed by atoms with E-state index in [0.29, 0.717) is 11.1 Å². The van der Waals surface area contributed by atoms with Crippen molar-refractivity contribution in [2.75, 3.05) is 39.6 Å². The van der Waals surface area contributed by atoms with Gasteiger partial charge in [0.25, 0.3) is 0 Å². The van der Waals surface area contributed by atoms with Crippen LogP contribution >= 0.6 is 0 Å². The lowest BCUT2D eigenvalue weighted by atomic mass is 9.93. The Morgan fingerprint density at radius 1 is 0.826 bits per heavy atom. The van der Waals surface area contributed by atoms with Crippen LogP contribution in [0.4, 0.5) is 0 Å². The number of benzene rings is 1. The second-order valence-electron chi connectivity index (χ2n) is 4.97. The molecule has 23 heavy (non-hydrogen) atoms. The number of carbonyl (C=O) groups is 2. The number of hydrogen-bond donors (Lipinski definition) is 4. The molecule has 2 aliphatic heterocycles. The summed E-state index contributed by atoms with van der Waals surface area (Å²) in [5.74, 6) is -1.10. The summed E-state index contributed by atoms with van der Waals surface area (Å²) < 4.78 is 8.85. The second-order valence-corrected chi connectivity index (χ2v) is 4.97. The van der Waals surface area contributed by atoms with Crippen LogP contribution in [-0.4, -0.2) is 72.0 Å². The number of hydrogen-bond acceptors (Lipinski definition) is 8. The van der Waals surface area contributed by atoms with E-state index in [1.54, 1.807) is 24.3 Å². The van der Waals surface area contributed by atoms with Gasteiger partial charge >= 0.3 is 11.9 Å². The molecule has 0 radical (unpaired) electrons. The van der Waals surface area contributed by atoms with Gasteiger partial charge in [-0.15, -0.1) is 0 Å². The van der Waals surface area contributed by atoms with Crippen molar-refractivity contribution < 1.29 is 39.5 Å². The number of cyclic esters (lactones) is 2. The van der Waals surface area contributed by atoms with Crippen LogP contribution in [0, 0.1) is 5.41 Å². The summed E-state index contributed by atoms with van der Waals surface area (Å²) in [4.78, 5) is 21.7. The van der Waals surface area contributed by atoms with E-state index in [2.05, 4.69) is 9.47 Å². The van der Waals surface area contributed by atoms with E-state index in [9.17, 15) is 9.59 Å². The summed E-state index contributed by atoms with van der Waals surface area (Å²) in [6.45, 7) is 0.375. The number of carbonyl (C=O) groups excluding carboxylic acids is 2. The van der Waals surface area contributed by atoms with Crippen molar-refractivity contribution >= 4 is 11.9 Å². The van der Waals surface area contributed by atoms with E-state index in [4.69, 9.17) is 20.4 Å². The minimum absolute atomic E-state index is 0.359. The van der Waals surface area contributed by atoms with Gasteiger partial charge in [-0.3, -0.25) is 0 Å². The Hall–Kier alpha value is -1.84. The summed E-state index contributed by atoms with van der Waals surface area (Å²) in [6.07, 6.45) is 0. The van der Waals surface area contributed by atoms with E-state index in [1.165, 1.54) is 0 Å². The molecule has 0 spiro atoms. The fourth-order valence-electron chi connectivity index (χ4n) is 1.33. The molecule has 0 amide bonds. The molecule has 1 fully saturated rings. The number of aliphatic hydroxyl groups excluding tert-OH is 4. The van der Waals surface area contributed by atoms with Crippen molar-refractivity contribution in [1.29, 1.82) is 0 Å². The lowest BCUT2D eigenvalue weighted by molar-refractivity contribution is -0.0328. The standard InChI is InChI=1S/C8H4O3.C5H12O4.C2H4O/c9-7-5-3-1-2-4-6(5)8(10)11-7;6-1-5(2-7,3-8)4-9;1-2-3-1/h1-4H;6-9H,1-4H2;1-2H2. The van der Waals surface area contributed by atoms with E-state index < -0.39 is 43.8 Å². The van der Waals surface area contributed by atoms with Crippen molar-refractivity contribution in [3.63, 3.8) is 0 Å². The highest BCUT2D eigenvalue weighted by atomic mass is 16.6. The van der Waals surface area contributed by atoms with Gasteiger partial charge in [-0.2, -0.15) is 0 Å². The minimum atomic E-state index is -1.11. The van der Waals surface area contributed by atoms with Crippen LogP contribution in [0.3, 0.4) is 0 Å². The van der Waals surface area contributed by atoms with Crippen LogP contribution in [0.2, 0.25) is 0 Å². The zero-order chi connectivity index (χ0) is 17.3. The zero-order valence-corrected chi connectivity index (χ0v) is 12.5. The Labute approximate surface area is 132 Å². The number of epoxide rings is 1. The highest BCUT2D eigenvalue weighted by Crippen LogP contribution is 2.18. The van der Waals surface area contributed by atoms with Crippen molar-refractivity contribution in [2.45, 2.75) is 0 Å². The largest absolute Gasteiger partial charge is 0.396 e. The number of fused-ring (bicyclic) bond motifs is 1. The predicted molar refractivity (Wildman–Crippen MR) is 77.8 cm³/mol. The van der Waals surface area contributed by atoms with E-state index >= 15 is 0 Å². The lowest BCUT2D eigenvalue weighted by Crippen LogP contribution is -2.37. The maximum Gasteiger partial charge on any atom is 0.346 e. The molecule has 0 aliphatic carbocycles. The average molecular weight is 328 g/mol. The molecule has 3 rings (SSSR count). The van der Waals surface area contributed by atoms with Gasteiger partial charge in [0.05, 0.1) is 56.2 Å². The highest BCUT2D eigenvalue weighted by molar-refractivity contribution is 6.14. The topological polar surface area (TPSA) is 137 Å². The summed E-state index contributed by atoms with van der Waals surface area (Å²) in [7, 11) is 0. The number of rotatable bonds is 4. The molecule has 0 saturated carbocycles. The molecule has 2 heterocycles. The van der Waals surface area contributed by atoms with Crippen LogP contribution in [0.25, 0.3) is 0 Å². The SMILES string of the molecule is C1CO1.O=C1OC(=O)c2ccccc21.OCC(CO)(CO)CO. The van der Waals surface area contributed by atoms with Crippen molar-refractivity contribution in [1.82, 2.24) is 0 Å². The fraction of sp³-hybridized carbons (Fsp3) is 0.467. The zero-order valence-electron chi connectivity index (χ0n) is 12.5. The van der Waals surface area contributed by atoms with Gasteiger partial charge in [0.2, 0.25) is 0 Å². The fourth-order valence-corrected chi connectivity index (χ4v) is 1.33. The van der Waals surface area contributed by atoms with Crippen LogP contribution in [0.15, 0.2) is 24.3 Å². The van der Waals surface area contributed by atoms with Gasteiger partial charge < -0.3 is 29.9 Å². The molecule has 0 atom stereocenters. The van der Waals surface area contributed by atoms with Crippen LogP contribution in [-0.2, 0) is 9.47 Å². The first-order valence-electron chi connectivity index (χ1n) is 6.90. The first-order valence-corrected chi connectivity index (χ1v) is 6.90. The Morgan fingerprint density at radius 3 is 1.39 bits per heavy atom. The summed E-state index contributed by atoms with van der Waals surface area (Å²) in [5.41, 5.74) is -0.394. The minimum Gasteiger partial charge on any atom is -0.396 e. The van der Waals surface area contributed by atoms with Crippen molar-refractivity contribution in [3.8, 4) is 0 Å². The van der Waals surface area contributed by atoms with Gasteiger partial charge in [-0.1, -0.05) is 12.1 Å². The third-order valence-corrected chi connectivity index (χ3v) is 3.10. The monoisotopic (exact) mass is 328 g/mol. The third-order valence-electron chi connectivity index (χ3n) is 3.10. The summed E-state index contributed by atoms with van der Waals surface area (Å²) in [5, 5.41) is 34.0. The normalized spacial score (nSPS) is 14.8. The molecule has 2 aliphatic rings. The van der Waals surface area contributed by atoms with E-state index in [0.717, 1.165) is 13.2 Å². The van der Waals surface area contributed by atoms with Crippen molar-refractivity contribution in [3.05, 3.63) is 35.4 Å². The van der Waals surface area contributed by atoms with Gasteiger partial charge in [-0.25, -0.2) is 9.59 Å². The molecule has 1 saturated heterocycles. The Balaban J connectivity index is 0.000000198. The predicted octanol–water partition coefficient (Wildman–Crippen LogP) is -1.04. The maximum atomic E-state index is 10.8. The van der Waals surface area contributed by atoms with Crippen LogP contribution in [0.1, 0.15) is 20.7 Å². The smallest absolute Gasteiger partial charge is 0.346 e. The lowest BCUT2D eigenvalue weighted by Gasteiger charge is -2.23. The molecular formula is C15H20O8. The third kappa shape index (κ3) is 5.70. The van der Waals surface area contributed by atoms with Gasteiger partial charge in [-0.05, 0) is 12.1 Å². The molecule has 1 aromatic carbocycles. The molecule has 1 aromatic rings. The summed E-state index contributed by atoms with van der Waals surface area (Å²) in [6, 6.07) is 6.53. The first kappa shape index (κ1) is 19.2. The van der Waals surface area contributed by atoms with Gasteiger partial charge in [0.15, 0.2) is 0 Å². The summed E-state index contributed by atoms with van der Waals surface area (Å²) >= 11 is 0. The molecule has 8 heteroatoms. The van der Waals surface area contributed by atoms with E-state index in [1.807, 2.05) is 0 Å². The number of aliphatic hydroxyl groups is 4. The van der Waals surface area contributed by atoms with Gasteiger partial charge in [0, 0.05) is 0 Å². The van der Waals surface area contributed by atoms with Crippen LogP contribution in [0.5, 0.6) is 0 Å². The molecular weight excluding hydrogens is 308 g/mol.